The van der Waals surface area contributed by atoms with Crippen LogP contribution in [-0.2, 0) is 4.79 Å². The minimum Gasteiger partial charge on any atom is -0.390 e. The quantitative estimate of drug-likeness (QED) is 0.735. The molecule has 4 aliphatic rings. The summed E-state index contributed by atoms with van der Waals surface area (Å²) >= 11 is 0. The first-order chi connectivity index (χ1) is 11.2. The molecule has 4 rings (SSSR count). The molecule has 4 fully saturated rings. The Labute approximate surface area is 147 Å². The molecule has 1 N–H and O–H groups in total. The summed E-state index contributed by atoms with van der Waals surface area (Å²) in [5, 5.41) is 10.6. The van der Waals surface area contributed by atoms with Crippen LogP contribution in [0, 0.1) is 40.4 Å². The number of aliphatic hydroxyl groups is 1. The molecule has 8 atom stereocenters. The first kappa shape index (κ1) is 17.1. The van der Waals surface area contributed by atoms with Gasteiger partial charge in [0.05, 0.1) is 5.60 Å². The average molecular weight is 333 g/mol. The van der Waals surface area contributed by atoms with Crippen molar-refractivity contribution < 1.29 is 9.90 Å². The molecule has 7 unspecified atom stereocenters. The van der Waals surface area contributed by atoms with Gasteiger partial charge in [0.2, 0.25) is 0 Å². The Kier molecular flexibility index (Phi) is 3.78. The first-order valence-electron chi connectivity index (χ1n) is 10.4. The van der Waals surface area contributed by atoms with E-state index in [0.29, 0.717) is 23.0 Å². The Balaban J connectivity index is 1.61. The van der Waals surface area contributed by atoms with E-state index < -0.39 is 5.60 Å². The Hall–Kier alpha value is -0.370. The number of fused-ring (bicyclic) bond motifs is 5. The van der Waals surface area contributed by atoms with Crippen molar-refractivity contribution in [2.45, 2.75) is 91.1 Å². The van der Waals surface area contributed by atoms with Crippen LogP contribution in [0.1, 0.15) is 85.5 Å². The zero-order valence-corrected chi connectivity index (χ0v) is 16.1. The average Bonchev–Trinajstić information content (AvgIpc) is 2.85. The van der Waals surface area contributed by atoms with Crippen molar-refractivity contribution in [1.29, 1.82) is 0 Å². The highest BCUT2D eigenvalue weighted by Crippen LogP contribution is 2.68. The van der Waals surface area contributed by atoms with Gasteiger partial charge in [-0.05, 0) is 106 Å². The zero-order valence-electron chi connectivity index (χ0n) is 16.1. The van der Waals surface area contributed by atoms with E-state index >= 15 is 0 Å². The van der Waals surface area contributed by atoms with Gasteiger partial charge in [-0.1, -0.05) is 13.8 Å². The molecule has 24 heavy (non-hydrogen) atoms. The summed E-state index contributed by atoms with van der Waals surface area (Å²) in [5.41, 5.74) is 0.268. The van der Waals surface area contributed by atoms with E-state index in [1.165, 1.54) is 38.5 Å². The largest absolute Gasteiger partial charge is 0.390 e. The van der Waals surface area contributed by atoms with Crippen LogP contribution in [0.25, 0.3) is 0 Å². The molecule has 0 radical (unpaired) electrons. The Morgan fingerprint density at radius 3 is 2.29 bits per heavy atom. The second kappa shape index (κ2) is 5.32. The molecule has 0 amide bonds. The number of hydrogen-bond acceptors (Lipinski definition) is 2. The predicted octanol–water partition coefficient (Wildman–Crippen LogP) is 4.99. The Bertz CT molecular complexity index is 538. The molecule has 4 aliphatic carbocycles. The molecular formula is C22H36O2. The summed E-state index contributed by atoms with van der Waals surface area (Å²) in [6.45, 7) is 8.85. The van der Waals surface area contributed by atoms with Crippen molar-refractivity contribution in [1.82, 2.24) is 0 Å². The van der Waals surface area contributed by atoms with E-state index in [1.54, 1.807) is 0 Å². The van der Waals surface area contributed by atoms with E-state index in [4.69, 9.17) is 0 Å². The van der Waals surface area contributed by atoms with E-state index in [-0.39, 0.29) is 5.41 Å². The van der Waals surface area contributed by atoms with Gasteiger partial charge in [-0.2, -0.15) is 0 Å². The van der Waals surface area contributed by atoms with E-state index in [0.717, 1.165) is 37.0 Å². The minimum absolute atomic E-state index is 0.274. The Morgan fingerprint density at radius 1 is 0.875 bits per heavy atom. The number of rotatable bonds is 1. The summed E-state index contributed by atoms with van der Waals surface area (Å²) < 4.78 is 0. The van der Waals surface area contributed by atoms with Gasteiger partial charge in [-0.15, -0.1) is 0 Å². The minimum atomic E-state index is -0.437. The molecule has 0 bridgehead atoms. The molecule has 0 saturated heterocycles. The first-order valence-corrected chi connectivity index (χ1v) is 10.4. The second-order valence-corrected chi connectivity index (χ2v) is 10.6. The lowest BCUT2D eigenvalue weighted by Crippen LogP contribution is -2.55. The van der Waals surface area contributed by atoms with Crippen molar-refractivity contribution in [3.05, 3.63) is 0 Å². The highest BCUT2D eigenvalue weighted by molar-refractivity contribution is 5.79. The van der Waals surface area contributed by atoms with Gasteiger partial charge in [0.25, 0.3) is 0 Å². The lowest BCUT2D eigenvalue weighted by Gasteiger charge is -2.61. The van der Waals surface area contributed by atoms with Crippen molar-refractivity contribution in [3.8, 4) is 0 Å². The van der Waals surface area contributed by atoms with Gasteiger partial charge in [0, 0.05) is 5.92 Å². The fraction of sp³-hybridized carbons (Fsp3) is 0.955. The lowest BCUT2D eigenvalue weighted by atomic mass is 9.44. The van der Waals surface area contributed by atoms with Crippen LogP contribution in [0.15, 0.2) is 0 Å². The fourth-order valence-corrected chi connectivity index (χ4v) is 8.10. The SMILES string of the molecule is CC(=O)C1CCC2C3CCC4C[C@@](C)(O)CCC4(C)C3CCC12C. The molecule has 136 valence electrons. The molecule has 0 aromatic heterocycles. The van der Waals surface area contributed by atoms with Crippen LogP contribution in [0.2, 0.25) is 0 Å². The van der Waals surface area contributed by atoms with Crippen molar-refractivity contribution in [2.24, 2.45) is 40.4 Å². The smallest absolute Gasteiger partial charge is 0.133 e. The molecular weight excluding hydrogens is 296 g/mol. The summed E-state index contributed by atoms with van der Waals surface area (Å²) in [6.07, 6.45) is 10.8. The number of Topliss-reactive ketones (excluding diaryl/α,β-unsaturated/α-hetero) is 1. The predicted molar refractivity (Wildman–Crippen MR) is 96.5 cm³/mol. The van der Waals surface area contributed by atoms with Gasteiger partial charge >= 0.3 is 0 Å². The summed E-state index contributed by atoms with van der Waals surface area (Å²) in [7, 11) is 0. The number of carbonyl (C=O) groups excluding carboxylic acids is 1. The van der Waals surface area contributed by atoms with Crippen LogP contribution >= 0.6 is 0 Å². The van der Waals surface area contributed by atoms with Crippen LogP contribution in [0.5, 0.6) is 0 Å². The number of hydrogen-bond donors (Lipinski definition) is 1. The molecule has 0 spiro atoms. The van der Waals surface area contributed by atoms with E-state index in [1.807, 2.05) is 13.8 Å². The molecule has 4 saturated carbocycles. The van der Waals surface area contributed by atoms with Crippen molar-refractivity contribution >= 4 is 5.78 Å². The normalized spacial score (nSPS) is 57.0. The number of ketones is 1. The molecule has 0 aliphatic heterocycles. The highest BCUT2D eigenvalue weighted by atomic mass is 16.3. The van der Waals surface area contributed by atoms with E-state index in [9.17, 15) is 9.90 Å². The molecule has 0 aromatic rings. The lowest BCUT2D eigenvalue weighted by molar-refractivity contribution is -0.150. The summed E-state index contributed by atoms with van der Waals surface area (Å²) in [4.78, 5) is 12.2. The van der Waals surface area contributed by atoms with Crippen LogP contribution in [-0.4, -0.2) is 16.5 Å². The maximum atomic E-state index is 12.2. The number of carbonyl (C=O) groups is 1. The van der Waals surface area contributed by atoms with Gasteiger partial charge in [0.15, 0.2) is 0 Å². The third-order valence-electron chi connectivity index (χ3n) is 9.44. The Morgan fingerprint density at radius 2 is 1.58 bits per heavy atom. The fourth-order valence-electron chi connectivity index (χ4n) is 8.10. The monoisotopic (exact) mass is 332 g/mol. The van der Waals surface area contributed by atoms with Crippen LogP contribution < -0.4 is 0 Å². The van der Waals surface area contributed by atoms with Gasteiger partial charge in [-0.25, -0.2) is 0 Å². The van der Waals surface area contributed by atoms with Crippen molar-refractivity contribution in [2.75, 3.05) is 0 Å². The second-order valence-electron chi connectivity index (χ2n) is 10.6. The highest BCUT2D eigenvalue weighted by Gasteiger charge is 2.61. The summed E-state index contributed by atoms with van der Waals surface area (Å²) in [6, 6.07) is 0. The molecule has 0 heterocycles. The third kappa shape index (κ3) is 2.27. The molecule has 2 heteroatoms. The van der Waals surface area contributed by atoms with Gasteiger partial charge < -0.3 is 5.11 Å². The third-order valence-corrected chi connectivity index (χ3v) is 9.44. The van der Waals surface area contributed by atoms with Gasteiger partial charge in [0.1, 0.15) is 5.78 Å². The maximum Gasteiger partial charge on any atom is 0.133 e. The van der Waals surface area contributed by atoms with Crippen LogP contribution in [0.3, 0.4) is 0 Å². The zero-order chi connectivity index (χ0) is 17.3. The van der Waals surface area contributed by atoms with E-state index in [2.05, 4.69) is 13.8 Å². The molecule has 0 aromatic carbocycles. The van der Waals surface area contributed by atoms with Crippen molar-refractivity contribution in [3.63, 3.8) is 0 Å². The topological polar surface area (TPSA) is 37.3 Å². The van der Waals surface area contributed by atoms with Crippen LogP contribution in [0.4, 0.5) is 0 Å². The maximum absolute atomic E-state index is 12.2. The molecule has 2 nitrogen and oxygen atoms in total. The standard InChI is InChI=1S/C22H36O2/c1-14(23)17-7-8-18-16-6-5-15-13-20(2,24)11-12-21(15,3)19(16)9-10-22(17,18)4/h15-19,24H,5-13H2,1-4H3/t15?,16?,17?,18?,19?,20-,21?,22?/m0/s1. The van der Waals surface area contributed by atoms with Gasteiger partial charge in [-0.3, -0.25) is 4.79 Å². The summed E-state index contributed by atoms with van der Waals surface area (Å²) in [5.74, 6) is 3.89.